The highest BCUT2D eigenvalue weighted by molar-refractivity contribution is 4.88. The number of hydrogen-bond acceptors (Lipinski definition) is 1. The van der Waals surface area contributed by atoms with Gasteiger partial charge in [0.15, 0.2) is 0 Å². The van der Waals surface area contributed by atoms with Crippen LogP contribution in [-0.2, 0) is 0 Å². The molecule has 1 N–H and O–H groups in total. The molecule has 1 atom stereocenters. The third-order valence-corrected chi connectivity index (χ3v) is 3.72. The Morgan fingerprint density at radius 3 is 2.46 bits per heavy atom. The van der Waals surface area contributed by atoms with Gasteiger partial charge in [0.25, 0.3) is 0 Å². The molecule has 1 heteroatoms. The SMILES string of the molecule is CCC(CC)CCC1(C)CCCN1. The number of hydrogen-bond donors (Lipinski definition) is 1. The summed E-state index contributed by atoms with van der Waals surface area (Å²) in [5, 5.41) is 3.64. The molecule has 0 amide bonds. The first-order chi connectivity index (χ1) is 6.20. The molecule has 0 aromatic heterocycles. The maximum Gasteiger partial charge on any atom is 0.0153 e. The van der Waals surface area contributed by atoms with E-state index in [0.29, 0.717) is 5.54 Å². The Bertz CT molecular complexity index is 132. The van der Waals surface area contributed by atoms with Crippen molar-refractivity contribution < 1.29 is 0 Å². The van der Waals surface area contributed by atoms with E-state index in [1.54, 1.807) is 0 Å². The molecule has 0 aromatic rings. The minimum atomic E-state index is 0.475. The molecule has 1 unspecified atom stereocenters. The van der Waals surface area contributed by atoms with Crippen molar-refractivity contribution in [3.63, 3.8) is 0 Å². The third kappa shape index (κ3) is 3.30. The van der Waals surface area contributed by atoms with Crippen molar-refractivity contribution >= 4 is 0 Å². The average Bonchev–Trinajstić information content (AvgIpc) is 2.55. The zero-order chi connectivity index (χ0) is 9.73. The molecule has 1 heterocycles. The molecule has 1 saturated heterocycles. The maximum atomic E-state index is 3.64. The van der Waals surface area contributed by atoms with Crippen molar-refractivity contribution in [1.82, 2.24) is 5.32 Å². The Morgan fingerprint density at radius 1 is 1.31 bits per heavy atom. The summed E-state index contributed by atoms with van der Waals surface area (Å²) in [4.78, 5) is 0. The third-order valence-electron chi connectivity index (χ3n) is 3.72. The zero-order valence-corrected chi connectivity index (χ0v) is 9.53. The van der Waals surface area contributed by atoms with E-state index in [-0.39, 0.29) is 0 Å². The summed E-state index contributed by atoms with van der Waals surface area (Å²) < 4.78 is 0. The van der Waals surface area contributed by atoms with Crippen LogP contribution in [0.2, 0.25) is 0 Å². The van der Waals surface area contributed by atoms with Crippen LogP contribution in [0.15, 0.2) is 0 Å². The fourth-order valence-corrected chi connectivity index (χ4v) is 2.39. The van der Waals surface area contributed by atoms with Crippen molar-refractivity contribution in [2.75, 3.05) is 6.54 Å². The fourth-order valence-electron chi connectivity index (χ4n) is 2.39. The molecule has 0 aromatic carbocycles. The van der Waals surface area contributed by atoms with E-state index in [4.69, 9.17) is 0 Å². The first kappa shape index (κ1) is 11.0. The van der Waals surface area contributed by atoms with Crippen LogP contribution in [0.5, 0.6) is 0 Å². The van der Waals surface area contributed by atoms with Crippen LogP contribution in [0, 0.1) is 5.92 Å². The molecule has 0 spiro atoms. The van der Waals surface area contributed by atoms with Gasteiger partial charge in [-0.2, -0.15) is 0 Å². The second-order valence-electron chi connectivity index (χ2n) is 4.81. The van der Waals surface area contributed by atoms with Gasteiger partial charge in [-0.25, -0.2) is 0 Å². The second-order valence-corrected chi connectivity index (χ2v) is 4.81. The summed E-state index contributed by atoms with van der Waals surface area (Å²) in [7, 11) is 0. The van der Waals surface area contributed by atoms with Gasteiger partial charge in [0.1, 0.15) is 0 Å². The van der Waals surface area contributed by atoms with Crippen LogP contribution < -0.4 is 5.32 Å². The topological polar surface area (TPSA) is 12.0 Å². The predicted octanol–water partition coefficient (Wildman–Crippen LogP) is 3.34. The molecule has 1 nitrogen and oxygen atoms in total. The molecule has 0 aliphatic carbocycles. The summed E-state index contributed by atoms with van der Waals surface area (Å²) in [5.74, 6) is 0.958. The highest BCUT2D eigenvalue weighted by Crippen LogP contribution is 2.27. The monoisotopic (exact) mass is 183 g/mol. The van der Waals surface area contributed by atoms with E-state index in [2.05, 4.69) is 26.1 Å². The van der Waals surface area contributed by atoms with Crippen LogP contribution in [0.4, 0.5) is 0 Å². The standard InChI is InChI=1S/C12H25N/c1-4-11(5-2)7-9-12(3)8-6-10-13-12/h11,13H,4-10H2,1-3H3. The van der Waals surface area contributed by atoms with E-state index in [1.165, 1.54) is 45.1 Å². The summed E-state index contributed by atoms with van der Waals surface area (Å²) >= 11 is 0. The highest BCUT2D eigenvalue weighted by Gasteiger charge is 2.27. The molecular weight excluding hydrogens is 158 g/mol. The van der Waals surface area contributed by atoms with Gasteiger partial charge in [0.2, 0.25) is 0 Å². The Balaban J connectivity index is 2.23. The molecule has 0 radical (unpaired) electrons. The number of rotatable bonds is 5. The van der Waals surface area contributed by atoms with Gasteiger partial charge in [-0.15, -0.1) is 0 Å². The van der Waals surface area contributed by atoms with Crippen LogP contribution >= 0.6 is 0 Å². The van der Waals surface area contributed by atoms with Gasteiger partial charge < -0.3 is 5.32 Å². The predicted molar refractivity (Wildman–Crippen MR) is 58.9 cm³/mol. The minimum Gasteiger partial charge on any atom is -0.312 e. The molecule has 0 bridgehead atoms. The lowest BCUT2D eigenvalue weighted by Crippen LogP contribution is -2.36. The smallest absolute Gasteiger partial charge is 0.0153 e. The molecule has 78 valence electrons. The van der Waals surface area contributed by atoms with Crippen molar-refractivity contribution in [3.8, 4) is 0 Å². The average molecular weight is 183 g/mol. The molecular formula is C12H25N. The summed E-state index contributed by atoms with van der Waals surface area (Å²) in [5.41, 5.74) is 0.475. The second kappa shape index (κ2) is 4.99. The quantitative estimate of drug-likeness (QED) is 0.689. The lowest BCUT2D eigenvalue weighted by atomic mass is 9.87. The van der Waals surface area contributed by atoms with Gasteiger partial charge >= 0.3 is 0 Å². The molecule has 1 rings (SSSR count). The Kier molecular flexibility index (Phi) is 4.24. The first-order valence-electron chi connectivity index (χ1n) is 5.95. The largest absolute Gasteiger partial charge is 0.312 e. The van der Waals surface area contributed by atoms with Crippen LogP contribution in [0.3, 0.4) is 0 Å². The van der Waals surface area contributed by atoms with Crippen LogP contribution in [0.1, 0.15) is 59.3 Å². The normalized spacial score (nSPS) is 28.6. The Hall–Kier alpha value is -0.0400. The van der Waals surface area contributed by atoms with E-state index in [1.807, 2.05) is 0 Å². The van der Waals surface area contributed by atoms with E-state index >= 15 is 0 Å². The molecule has 1 aliphatic heterocycles. The van der Waals surface area contributed by atoms with Crippen molar-refractivity contribution in [2.24, 2.45) is 5.92 Å². The van der Waals surface area contributed by atoms with Gasteiger partial charge in [-0.3, -0.25) is 0 Å². The van der Waals surface area contributed by atoms with Crippen molar-refractivity contribution in [1.29, 1.82) is 0 Å². The first-order valence-corrected chi connectivity index (χ1v) is 5.95. The van der Waals surface area contributed by atoms with Crippen molar-refractivity contribution in [2.45, 2.75) is 64.8 Å². The fraction of sp³-hybridized carbons (Fsp3) is 1.00. The van der Waals surface area contributed by atoms with Gasteiger partial charge in [0, 0.05) is 5.54 Å². The van der Waals surface area contributed by atoms with Gasteiger partial charge in [0.05, 0.1) is 0 Å². The summed E-state index contributed by atoms with van der Waals surface area (Å²) in [6.45, 7) is 8.26. The molecule has 1 fully saturated rings. The molecule has 0 saturated carbocycles. The van der Waals surface area contributed by atoms with Gasteiger partial charge in [-0.05, 0) is 45.1 Å². The Morgan fingerprint density at radius 2 is 2.00 bits per heavy atom. The minimum absolute atomic E-state index is 0.475. The van der Waals surface area contributed by atoms with E-state index in [9.17, 15) is 0 Å². The van der Waals surface area contributed by atoms with E-state index < -0.39 is 0 Å². The van der Waals surface area contributed by atoms with Crippen molar-refractivity contribution in [3.05, 3.63) is 0 Å². The molecule has 1 aliphatic rings. The van der Waals surface area contributed by atoms with Crippen LogP contribution in [-0.4, -0.2) is 12.1 Å². The van der Waals surface area contributed by atoms with E-state index in [0.717, 1.165) is 5.92 Å². The number of nitrogens with one attached hydrogen (secondary N) is 1. The van der Waals surface area contributed by atoms with Crippen LogP contribution in [0.25, 0.3) is 0 Å². The highest BCUT2D eigenvalue weighted by atomic mass is 15.0. The zero-order valence-electron chi connectivity index (χ0n) is 9.53. The summed E-state index contributed by atoms with van der Waals surface area (Å²) in [6.07, 6.45) is 8.25. The lowest BCUT2D eigenvalue weighted by molar-refractivity contribution is 0.323. The molecule has 13 heavy (non-hydrogen) atoms. The van der Waals surface area contributed by atoms with Gasteiger partial charge in [-0.1, -0.05) is 26.7 Å². The Labute approximate surface area is 83.3 Å². The maximum absolute atomic E-state index is 3.64. The lowest BCUT2D eigenvalue weighted by Gasteiger charge is -2.26. The summed E-state index contributed by atoms with van der Waals surface area (Å²) in [6, 6.07) is 0.